The third kappa shape index (κ3) is 3.85. The molecule has 2 aromatic rings. The van der Waals surface area contributed by atoms with Crippen LogP contribution in [-0.4, -0.2) is 69.7 Å². The van der Waals surface area contributed by atoms with Gasteiger partial charge in [0.2, 0.25) is 0 Å². The summed E-state index contributed by atoms with van der Waals surface area (Å²) in [5.74, 6) is -0.772. The van der Waals surface area contributed by atoms with Gasteiger partial charge in [-0.1, -0.05) is 11.6 Å². The van der Waals surface area contributed by atoms with Crippen LogP contribution >= 0.6 is 11.6 Å². The van der Waals surface area contributed by atoms with Gasteiger partial charge in [-0.2, -0.15) is 5.10 Å². The first-order valence-corrected chi connectivity index (χ1v) is 9.82. The minimum Gasteiger partial charge on any atom is -0.371 e. The second-order valence-corrected chi connectivity index (χ2v) is 7.70. The molecule has 0 saturated heterocycles. The number of carbonyl (C=O) groups is 2. The molecule has 3 heterocycles. The normalized spacial score (nSPS) is 18.7. The molecule has 1 atom stereocenters. The number of amides is 3. The van der Waals surface area contributed by atoms with Crippen molar-refractivity contribution in [2.75, 3.05) is 32.2 Å². The van der Waals surface area contributed by atoms with Crippen LogP contribution < -0.4 is 5.32 Å². The summed E-state index contributed by atoms with van der Waals surface area (Å²) in [7, 11) is 1.66. The van der Waals surface area contributed by atoms with Crippen LogP contribution in [0, 0.1) is 5.82 Å². The number of hydrogen-bond acceptors (Lipinski definition) is 5. The number of fused-ring (bicyclic) bond motifs is 3. The first kappa shape index (κ1) is 20.6. The minimum atomic E-state index is -0.564. The van der Waals surface area contributed by atoms with Gasteiger partial charge in [0.15, 0.2) is 0 Å². The Bertz CT molecular complexity index is 998. The van der Waals surface area contributed by atoms with Crippen molar-refractivity contribution in [3.8, 4) is 0 Å². The molecule has 3 amide bonds. The Balaban J connectivity index is 1.56. The second-order valence-electron chi connectivity index (χ2n) is 7.29. The lowest BCUT2D eigenvalue weighted by atomic mass is 10.0. The first-order chi connectivity index (χ1) is 14.4. The number of nitrogens with zero attached hydrogens (tertiary/aromatic N) is 4. The Kier molecular flexibility index (Phi) is 5.63. The van der Waals surface area contributed by atoms with Crippen molar-refractivity contribution in [1.29, 1.82) is 0 Å². The fourth-order valence-electron chi connectivity index (χ4n) is 3.78. The summed E-state index contributed by atoms with van der Waals surface area (Å²) in [6.07, 6.45) is 0.115. The number of benzene rings is 1. The molecular weight excluding hydrogens is 417 g/mol. The summed E-state index contributed by atoms with van der Waals surface area (Å²) in [6, 6.07) is 3.58. The van der Waals surface area contributed by atoms with Gasteiger partial charge in [-0.15, -0.1) is 0 Å². The fourth-order valence-corrected chi connectivity index (χ4v) is 3.96. The first-order valence-electron chi connectivity index (χ1n) is 9.45. The number of hydrogen-bond donors (Lipinski definition) is 2. The van der Waals surface area contributed by atoms with Crippen LogP contribution in [0.2, 0.25) is 5.02 Å². The molecule has 2 aliphatic heterocycles. The van der Waals surface area contributed by atoms with Gasteiger partial charge in [0.25, 0.3) is 5.91 Å². The lowest BCUT2D eigenvalue weighted by molar-refractivity contribution is -0.0616. The van der Waals surface area contributed by atoms with Crippen molar-refractivity contribution >= 4 is 29.2 Å². The molecule has 9 nitrogen and oxygen atoms in total. The topological polar surface area (TPSA) is 99.9 Å². The van der Waals surface area contributed by atoms with Gasteiger partial charge in [0.05, 0.1) is 29.9 Å². The zero-order valence-electron chi connectivity index (χ0n) is 16.3. The summed E-state index contributed by atoms with van der Waals surface area (Å²) in [6.45, 7) is 0.859. The van der Waals surface area contributed by atoms with Crippen molar-refractivity contribution in [1.82, 2.24) is 19.6 Å². The standard InChI is InChI=1S/C19H21ClFN5O4/c1-24-7-12(30-10-27)8-26-17(18(24)28)13-9-25(5-4-16(13)23-26)19(29)22-11-2-3-15(21)14(20)6-11/h2-3,6,12,27H,4-5,7-10H2,1H3,(H,22,29). The Labute approximate surface area is 177 Å². The highest BCUT2D eigenvalue weighted by Gasteiger charge is 2.35. The number of carbonyl (C=O) groups excluding carboxylic acids is 2. The zero-order chi connectivity index (χ0) is 21.4. The maximum Gasteiger partial charge on any atom is 0.322 e. The lowest BCUT2D eigenvalue weighted by Gasteiger charge is -2.27. The zero-order valence-corrected chi connectivity index (χ0v) is 17.0. The molecule has 11 heteroatoms. The number of aromatic nitrogens is 2. The molecule has 0 spiro atoms. The summed E-state index contributed by atoms with van der Waals surface area (Å²) in [5.41, 5.74) is 2.28. The number of likely N-dealkylation sites (N-methyl/N-ethyl adjacent to an activating group) is 1. The Morgan fingerprint density at radius 3 is 2.97 bits per heavy atom. The predicted molar refractivity (Wildman–Crippen MR) is 106 cm³/mol. The van der Waals surface area contributed by atoms with Gasteiger partial charge in [0.1, 0.15) is 18.3 Å². The van der Waals surface area contributed by atoms with E-state index in [-0.39, 0.29) is 29.6 Å². The third-order valence-electron chi connectivity index (χ3n) is 5.27. The number of urea groups is 1. The number of ether oxygens (including phenoxy) is 1. The number of rotatable bonds is 3. The molecule has 0 bridgehead atoms. The molecule has 0 saturated carbocycles. The SMILES string of the molecule is CN1CC(OCO)Cn2nc3c(c2C1=O)CN(C(=O)Nc1ccc(F)c(Cl)c1)CC3. The number of halogens is 2. The molecule has 2 N–H and O–H groups in total. The quantitative estimate of drug-likeness (QED) is 0.712. The molecule has 4 rings (SSSR count). The molecule has 0 radical (unpaired) electrons. The predicted octanol–water partition coefficient (Wildman–Crippen LogP) is 1.69. The molecule has 1 unspecified atom stereocenters. The van der Waals surface area contributed by atoms with Crippen molar-refractivity contribution in [3.05, 3.63) is 46.0 Å². The van der Waals surface area contributed by atoms with Gasteiger partial charge in [-0.25, -0.2) is 9.18 Å². The molecule has 0 fully saturated rings. The highest BCUT2D eigenvalue weighted by molar-refractivity contribution is 6.31. The number of anilines is 1. The third-order valence-corrected chi connectivity index (χ3v) is 5.56. The summed E-state index contributed by atoms with van der Waals surface area (Å²) in [4.78, 5) is 28.8. The maximum atomic E-state index is 13.3. The van der Waals surface area contributed by atoms with E-state index in [1.165, 1.54) is 23.1 Å². The van der Waals surface area contributed by atoms with Gasteiger partial charge < -0.3 is 25.0 Å². The van der Waals surface area contributed by atoms with Crippen LogP contribution in [0.15, 0.2) is 18.2 Å². The highest BCUT2D eigenvalue weighted by Crippen LogP contribution is 2.27. The summed E-state index contributed by atoms with van der Waals surface area (Å²) < 4.78 is 20.2. The van der Waals surface area contributed by atoms with E-state index in [9.17, 15) is 14.0 Å². The average Bonchev–Trinajstić information content (AvgIpc) is 3.01. The number of aliphatic hydroxyl groups is 1. The van der Waals surface area contributed by atoms with Gasteiger partial charge in [0, 0.05) is 37.8 Å². The van der Waals surface area contributed by atoms with Gasteiger partial charge >= 0.3 is 6.03 Å². The van der Waals surface area contributed by atoms with Crippen LogP contribution in [0.25, 0.3) is 0 Å². The number of aliphatic hydroxyl groups excluding tert-OH is 1. The smallest absolute Gasteiger partial charge is 0.322 e. The lowest BCUT2D eigenvalue weighted by Crippen LogP contribution is -2.40. The summed E-state index contributed by atoms with van der Waals surface area (Å²) >= 11 is 5.78. The van der Waals surface area contributed by atoms with Crippen LogP contribution in [0.4, 0.5) is 14.9 Å². The number of nitrogens with one attached hydrogen (secondary N) is 1. The highest BCUT2D eigenvalue weighted by atomic mass is 35.5. The van der Waals surface area contributed by atoms with Crippen molar-refractivity contribution in [3.63, 3.8) is 0 Å². The molecule has 1 aromatic carbocycles. The van der Waals surface area contributed by atoms with Crippen molar-refractivity contribution in [2.24, 2.45) is 0 Å². The van der Waals surface area contributed by atoms with Crippen LogP contribution in [0.5, 0.6) is 0 Å². The molecule has 1 aromatic heterocycles. The van der Waals surface area contributed by atoms with Crippen molar-refractivity contribution < 1.29 is 23.8 Å². The van der Waals surface area contributed by atoms with E-state index in [4.69, 9.17) is 21.4 Å². The molecule has 30 heavy (non-hydrogen) atoms. The van der Waals surface area contributed by atoms with Crippen LogP contribution in [-0.2, 0) is 24.2 Å². The monoisotopic (exact) mass is 437 g/mol. The Hall–Kier alpha value is -2.69. The summed E-state index contributed by atoms with van der Waals surface area (Å²) in [5, 5.41) is 16.3. The van der Waals surface area contributed by atoms with Gasteiger partial charge in [-0.3, -0.25) is 9.48 Å². The molecule has 0 aliphatic carbocycles. The van der Waals surface area contributed by atoms with E-state index in [2.05, 4.69) is 10.4 Å². The van der Waals surface area contributed by atoms with E-state index in [1.807, 2.05) is 0 Å². The van der Waals surface area contributed by atoms with E-state index < -0.39 is 12.6 Å². The van der Waals surface area contributed by atoms with E-state index in [0.717, 1.165) is 5.69 Å². The average molecular weight is 438 g/mol. The Morgan fingerprint density at radius 2 is 2.23 bits per heavy atom. The van der Waals surface area contributed by atoms with E-state index >= 15 is 0 Å². The van der Waals surface area contributed by atoms with Crippen LogP contribution in [0.3, 0.4) is 0 Å². The van der Waals surface area contributed by atoms with E-state index in [0.29, 0.717) is 43.0 Å². The molecular formula is C19H21ClFN5O4. The molecule has 160 valence electrons. The second kappa shape index (κ2) is 8.21. The van der Waals surface area contributed by atoms with Crippen LogP contribution in [0.1, 0.15) is 21.7 Å². The van der Waals surface area contributed by atoms with Gasteiger partial charge in [-0.05, 0) is 18.2 Å². The molecule has 2 aliphatic rings. The van der Waals surface area contributed by atoms with Crippen molar-refractivity contribution in [2.45, 2.75) is 25.6 Å². The fraction of sp³-hybridized carbons (Fsp3) is 0.421. The maximum absolute atomic E-state index is 13.3. The largest absolute Gasteiger partial charge is 0.371 e. The van der Waals surface area contributed by atoms with E-state index in [1.54, 1.807) is 16.6 Å². The Morgan fingerprint density at radius 1 is 1.43 bits per heavy atom. The minimum absolute atomic E-state index is 0.0797.